The lowest BCUT2D eigenvalue weighted by Gasteiger charge is -2.27. The SMILES string of the molecule is C=CC1CCC(c2ccc(-c3ccc(C=Cc4ccc(OCC)cc4F)cc3)c(F)c2F)CC1. The van der Waals surface area contributed by atoms with Crippen LogP contribution in [-0.2, 0) is 0 Å². The van der Waals surface area contributed by atoms with Gasteiger partial charge in [0, 0.05) is 17.2 Å². The molecule has 3 aromatic carbocycles. The number of hydrogen-bond donors (Lipinski definition) is 0. The summed E-state index contributed by atoms with van der Waals surface area (Å²) in [6.45, 7) is 6.17. The molecule has 176 valence electrons. The maximum absolute atomic E-state index is 15.0. The van der Waals surface area contributed by atoms with E-state index in [9.17, 15) is 13.2 Å². The van der Waals surface area contributed by atoms with E-state index in [1.807, 2.05) is 13.0 Å². The molecule has 0 bridgehead atoms. The lowest BCUT2D eigenvalue weighted by molar-refractivity contribution is 0.338. The van der Waals surface area contributed by atoms with Crippen molar-refractivity contribution in [1.82, 2.24) is 0 Å². The summed E-state index contributed by atoms with van der Waals surface area (Å²) in [4.78, 5) is 0. The third kappa shape index (κ3) is 5.27. The zero-order chi connectivity index (χ0) is 24.1. The third-order valence-electron chi connectivity index (χ3n) is 6.62. The molecule has 0 aromatic heterocycles. The number of benzene rings is 3. The fourth-order valence-corrected chi connectivity index (χ4v) is 4.63. The second-order valence-electron chi connectivity index (χ2n) is 8.75. The van der Waals surface area contributed by atoms with E-state index >= 15 is 0 Å². The third-order valence-corrected chi connectivity index (χ3v) is 6.62. The molecule has 1 aliphatic rings. The van der Waals surface area contributed by atoms with Crippen molar-refractivity contribution in [3.63, 3.8) is 0 Å². The predicted octanol–water partition coefficient (Wildman–Crippen LogP) is 8.80. The van der Waals surface area contributed by atoms with Crippen molar-refractivity contribution in [2.75, 3.05) is 6.61 Å². The topological polar surface area (TPSA) is 9.23 Å². The molecule has 1 fully saturated rings. The number of allylic oxidation sites excluding steroid dienone is 1. The summed E-state index contributed by atoms with van der Waals surface area (Å²) >= 11 is 0. The van der Waals surface area contributed by atoms with Gasteiger partial charge < -0.3 is 4.74 Å². The number of halogens is 3. The maximum Gasteiger partial charge on any atom is 0.166 e. The molecule has 0 unspecified atom stereocenters. The summed E-state index contributed by atoms with van der Waals surface area (Å²) in [6.07, 6.45) is 9.05. The molecule has 3 aromatic rings. The van der Waals surface area contributed by atoms with Crippen LogP contribution >= 0.6 is 0 Å². The van der Waals surface area contributed by atoms with Crippen LogP contribution in [0, 0.1) is 23.4 Å². The monoisotopic (exact) mass is 462 g/mol. The highest BCUT2D eigenvalue weighted by Crippen LogP contribution is 2.39. The van der Waals surface area contributed by atoms with E-state index < -0.39 is 11.6 Å². The van der Waals surface area contributed by atoms with Gasteiger partial charge in [0.1, 0.15) is 11.6 Å². The van der Waals surface area contributed by atoms with Crippen LogP contribution in [0.25, 0.3) is 23.3 Å². The first-order chi connectivity index (χ1) is 16.5. The molecule has 4 heteroatoms. The summed E-state index contributed by atoms with van der Waals surface area (Å²) < 4.78 is 49.5. The number of ether oxygens (including phenoxy) is 1. The van der Waals surface area contributed by atoms with Gasteiger partial charge >= 0.3 is 0 Å². The van der Waals surface area contributed by atoms with Crippen LogP contribution < -0.4 is 4.74 Å². The second-order valence-corrected chi connectivity index (χ2v) is 8.75. The molecule has 0 heterocycles. The average molecular weight is 463 g/mol. The van der Waals surface area contributed by atoms with Gasteiger partial charge in [0.05, 0.1) is 6.61 Å². The molecule has 34 heavy (non-hydrogen) atoms. The quantitative estimate of drug-likeness (QED) is 0.252. The fraction of sp³-hybridized carbons (Fsp3) is 0.267. The Morgan fingerprint density at radius 3 is 2.26 bits per heavy atom. The fourth-order valence-electron chi connectivity index (χ4n) is 4.63. The lowest BCUT2D eigenvalue weighted by Crippen LogP contribution is -2.13. The zero-order valence-electron chi connectivity index (χ0n) is 19.4. The molecule has 0 N–H and O–H groups in total. The van der Waals surface area contributed by atoms with Gasteiger partial charge in [-0.05, 0) is 73.3 Å². The van der Waals surface area contributed by atoms with Gasteiger partial charge in [0.25, 0.3) is 0 Å². The Morgan fingerprint density at radius 1 is 0.882 bits per heavy atom. The Labute approximate surface area is 199 Å². The first-order valence-electron chi connectivity index (χ1n) is 11.8. The van der Waals surface area contributed by atoms with E-state index in [-0.39, 0.29) is 17.3 Å². The van der Waals surface area contributed by atoms with Crippen LogP contribution in [0.2, 0.25) is 0 Å². The molecule has 1 aliphatic carbocycles. The van der Waals surface area contributed by atoms with E-state index in [0.717, 1.165) is 31.2 Å². The minimum absolute atomic E-state index is 0.0512. The molecule has 0 radical (unpaired) electrons. The van der Waals surface area contributed by atoms with Crippen molar-refractivity contribution >= 4 is 12.2 Å². The average Bonchev–Trinajstić information content (AvgIpc) is 2.86. The smallest absolute Gasteiger partial charge is 0.166 e. The Hall–Kier alpha value is -3.27. The van der Waals surface area contributed by atoms with Gasteiger partial charge in [0.15, 0.2) is 11.6 Å². The Kier molecular flexibility index (Phi) is 7.56. The van der Waals surface area contributed by atoms with Gasteiger partial charge in [-0.1, -0.05) is 54.6 Å². The molecule has 0 aliphatic heterocycles. The van der Waals surface area contributed by atoms with Crippen molar-refractivity contribution in [2.24, 2.45) is 5.92 Å². The van der Waals surface area contributed by atoms with Crippen LogP contribution in [0.5, 0.6) is 5.75 Å². The summed E-state index contributed by atoms with van der Waals surface area (Å²) in [5, 5.41) is 0. The van der Waals surface area contributed by atoms with Crippen LogP contribution in [0.3, 0.4) is 0 Å². The Bertz CT molecular complexity index is 1170. The van der Waals surface area contributed by atoms with Crippen LogP contribution in [0.1, 0.15) is 55.2 Å². The molecule has 0 amide bonds. The predicted molar refractivity (Wildman–Crippen MR) is 133 cm³/mol. The highest BCUT2D eigenvalue weighted by atomic mass is 19.2. The summed E-state index contributed by atoms with van der Waals surface area (Å²) in [5.74, 6) is -0.893. The van der Waals surface area contributed by atoms with E-state index in [2.05, 4.69) is 6.58 Å². The highest BCUT2D eigenvalue weighted by Gasteiger charge is 2.25. The summed E-state index contributed by atoms with van der Waals surface area (Å²) in [5.41, 5.74) is 2.59. The van der Waals surface area contributed by atoms with Crippen molar-refractivity contribution in [2.45, 2.75) is 38.5 Å². The van der Waals surface area contributed by atoms with E-state index in [1.54, 1.807) is 60.7 Å². The number of hydrogen-bond acceptors (Lipinski definition) is 1. The van der Waals surface area contributed by atoms with Crippen molar-refractivity contribution in [3.8, 4) is 16.9 Å². The van der Waals surface area contributed by atoms with Crippen molar-refractivity contribution in [1.29, 1.82) is 0 Å². The minimum atomic E-state index is -0.803. The first kappa shape index (κ1) is 23.9. The highest BCUT2D eigenvalue weighted by molar-refractivity contribution is 5.73. The summed E-state index contributed by atoms with van der Waals surface area (Å²) in [6, 6.07) is 15.3. The van der Waals surface area contributed by atoms with Crippen molar-refractivity contribution < 1.29 is 17.9 Å². The standard InChI is InChI=1S/C30H29F3O/c1-3-20-5-10-22(11-6-20)26-17-18-27(30(33)29(26)32)23-12-7-21(8-13-23)9-14-24-15-16-25(34-4-2)19-28(24)31/h3,7-9,12-20,22H,1,4-6,10-11H2,2H3. The largest absolute Gasteiger partial charge is 0.494 e. The van der Waals surface area contributed by atoms with Crippen LogP contribution in [0.4, 0.5) is 13.2 Å². The molecular formula is C30H29F3O. The molecule has 1 saturated carbocycles. The maximum atomic E-state index is 15.0. The molecule has 0 atom stereocenters. The van der Waals surface area contributed by atoms with Gasteiger partial charge in [-0.25, -0.2) is 13.2 Å². The van der Waals surface area contributed by atoms with Gasteiger partial charge in [-0.2, -0.15) is 0 Å². The van der Waals surface area contributed by atoms with Gasteiger partial charge in [0.2, 0.25) is 0 Å². The first-order valence-corrected chi connectivity index (χ1v) is 11.8. The van der Waals surface area contributed by atoms with Crippen LogP contribution in [-0.4, -0.2) is 6.61 Å². The Morgan fingerprint density at radius 2 is 1.62 bits per heavy atom. The molecule has 4 rings (SSSR count). The minimum Gasteiger partial charge on any atom is -0.494 e. The lowest BCUT2D eigenvalue weighted by atomic mass is 9.78. The molecule has 0 spiro atoms. The second kappa shape index (κ2) is 10.8. The normalized spacial score (nSPS) is 18.2. The van der Waals surface area contributed by atoms with E-state index in [4.69, 9.17) is 4.74 Å². The number of rotatable bonds is 7. The van der Waals surface area contributed by atoms with E-state index in [0.29, 0.717) is 35.0 Å². The van der Waals surface area contributed by atoms with Crippen molar-refractivity contribution in [3.05, 3.63) is 101 Å². The zero-order valence-corrected chi connectivity index (χ0v) is 19.4. The van der Waals surface area contributed by atoms with Gasteiger partial charge in [-0.3, -0.25) is 0 Å². The Balaban J connectivity index is 1.49. The molecular weight excluding hydrogens is 433 g/mol. The van der Waals surface area contributed by atoms with E-state index in [1.165, 1.54) is 6.07 Å². The van der Waals surface area contributed by atoms with Gasteiger partial charge in [-0.15, -0.1) is 6.58 Å². The summed E-state index contributed by atoms with van der Waals surface area (Å²) in [7, 11) is 0. The molecule has 1 nitrogen and oxygen atoms in total. The molecule has 0 saturated heterocycles. The van der Waals surface area contributed by atoms with Crippen LogP contribution in [0.15, 0.2) is 67.3 Å².